The van der Waals surface area contributed by atoms with Crippen LogP contribution in [0.2, 0.25) is 5.02 Å². The third-order valence-corrected chi connectivity index (χ3v) is 4.96. The number of amides is 3. The second kappa shape index (κ2) is 9.04. The number of halogens is 1. The molecule has 0 saturated heterocycles. The van der Waals surface area contributed by atoms with E-state index < -0.39 is 0 Å². The van der Waals surface area contributed by atoms with Gasteiger partial charge in [-0.3, -0.25) is 10.1 Å². The monoisotopic (exact) mass is 352 g/mol. The number of imide groups is 1. The largest absolute Gasteiger partial charge is 0.335 e. The van der Waals surface area contributed by atoms with Crippen LogP contribution in [0.1, 0.15) is 44.6 Å². The van der Waals surface area contributed by atoms with Gasteiger partial charge >= 0.3 is 6.03 Å². The van der Waals surface area contributed by atoms with E-state index in [1.165, 1.54) is 6.42 Å². The molecule has 2 rings (SSSR count). The molecular weight excluding hydrogens is 326 g/mol. The van der Waals surface area contributed by atoms with Crippen molar-refractivity contribution in [3.63, 3.8) is 0 Å². The molecule has 3 amide bonds. The predicted octanol–water partition coefficient (Wildman–Crippen LogP) is 1.90. The van der Waals surface area contributed by atoms with Crippen molar-refractivity contribution in [3.05, 3.63) is 34.9 Å². The van der Waals surface area contributed by atoms with Crippen molar-refractivity contribution in [1.82, 2.24) is 10.6 Å². The topological polar surface area (TPSA) is 62.6 Å². The molecule has 1 aromatic rings. The van der Waals surface area contributed by atoms with E-state index in [0.29, 0.717) is 11.6 Å². The lowest BCUT2D eigenvalue weighted by atomic mass is 9.96. The van der Waals surface area contributed by atoms with E-state index >= 15 is 0 Å². The van der Waals surface area contributed by atoms with Crippen LogP contribution in [0.3, 0.4) is 0 Å². The summed E-state index contributed by atoms with van der Waals surface area (Å²) >= 11 is 5.88. The van der Waals surface area contributed by atoms with E-state index in [-0.39, 0.29) is 24.0 Å². The first kappa shape index (κ1) is 18.7. The first-order valence-electron chi connectivity index (χ1n) is 8.64. The van der Waals surface area contributed by atoms with Crippen LogP contribution in [-0.4, -0.2) is 31.1 Å². The molecule has 1 aliphatic rings. The zero-order valence-corrected chi connectivity index (χ0v) is 15.2. The zero-order valence-electron chi connectivity index (χ0n) is 14.4. The molecule has 0 aliphatic heterocycles. The third-order valence-electron chi connectivity index (χ3n) is 4.71. The average Bonchev–Trinajstić information content (AvgIpc) is 2.57. The molecular formula is C18H27ClN3O2+. The molecule has 0 heterocycles. The number of rotatable bonds is 5. The molecule has 1 aromatic carbocycles. The second-order valence-corrected chi connectivity index (χ2v) is 7.11. The Balaban J connectivity index is 1.79. The Morgan fingerprint density at radius 2 is 1.83 bits per heavy atom. The third kappa shape index (κ3) is 5.80. The maximum absolute atomic E-state index is 12.3. The van der Waals surface area contributed by atoms with Crippen molar-refractivity contribution in [2.75, 3.05) is 7.05 Å². The van der Waals surface area contributed by atoms with E-state index in [0.717, 1.165) is 36.1 Å². The highest BCUT2D eigenvalue weighted by atomic mass is 35.5. The van der Waals surface area contributed by atoms with Crippen molar-refractivity contribution >= 4 is 23.5 Å². The van der Waals surface area contributed by atoms with Gasteiger partial charge in [0.1, 0.15) is 6.54 Å². The first-order chi connectivity index (χ1) is 11.5. The van der Waals surface area contributed by atoms with Crippen LogP contribution in [0.5, 0.6) is 0 Å². The summed E-state index contributed by atoms with van der Waals surface area (Å²) in [5.41, 5.74) is 1.10. The average molecular weight is 353 g/mol. The Morgan fingerprint density at radius 3 is 2.46 bits per heavy atom. The Hall–Kier alpha value is -1.59. The van der Waals surface area contributed by atoms with Crippen molar-refractivity contribution in [2.45, 2.75) is 57.7 Å². The Bertz CT molecular complexity index is 556. The summed E-state index contributed by atoms with van der Waals surface area (Å²) in [5, 5.41) is 6.07. The number of carbonyl (C=O) groups excluding carboxylic acids is 2. The minimum atomic E-state index is -0.377. The Kier molecular flexibility index (Phi) is 7.06. The molecule has 6 heteroatoms. The number of hydrogen-bond acceptors (Lipinski definition) is 2. The first-order valence-corrected chi connectivity index (χ1v) is 9.01. The van der Waals surface area contributed by atoms with Crippen molar-refractivity contribution in [2.24, 2.45) is 0 Å². The van der Waals surface area contributed by atoms with Gasteiger partial charge in [0.2, 0.25) is 0 Å². The van der Waals surface area contributed by atoms with E-state index in [9.17, 15) is 9.59 Å². The minimum Gasteiger partial charge on any atom is -0.335 e. The molecule has 0 spiro atoms. The van der Waals surface area contributed by atoms with Gasteiger partial charge in [0.25, 0.3) is 5.91 Å². The summed E-state index contributed by atoms with van der Waals surface area (Å²) in [6.07, 6.45) is 5.51. The van der Waals surface area contributed by atoms with Gasteiger partial charge in [-0.25, -0.2) is 4.79 Å². The molecule has 2 atom stereocenters. The van der Waals surface area contributed by atoms with Gasteiger partial charge < -0.3 is 10.2 Å². The Morgan fingerprint density at radius 1 is 1.21 bits per heavy atom. The van der Waals surface area contributed by atoms with Crippen molar-refractivity contribution in [3.8, 4) is 0 Å². The number of benzene rings is 1. The molecule has 5 nitrogen and oxygen atoms in total. The van der Waals surface area contributed by atoms with Crippen LogP contribution >= 0.6 is 11.6 Å². The molecule has 1 fully saturated rings. The highest BCUT2D eigenvalue weighted by molar-refractivity contribution is 6.30. The summed E-state index contributed by atoms with van der Waals surface area (Å²) in [4.78, 5) is 25.3. The quantitative estimate of drug-likeness (QED) is 0.758. The molecule has 24 heavy (non-hydrogen) atoms. The van der Waals surface area contributed by atoms with Crippen LogP contribution < -0.4 is 15.5 Å². The van der Waals surface area contributed by atoms with Crippen LogP contribution in [-0.2, 0) is 11.3 Å². The van der Waals surface area contributed by atoms with Crippen LogP contribution in [0.25, 0.3) is 0 Å². The summed E-state index contributed by atoms with van der Waals surface area (Å²) in [6, 6.07) is 7.08. The molecule has 3 N–H and O–H groups in total. The fraction of sp³-hybridized carbons (Fsp3) is 0.556. The molecule has 1 aliphatic carbocycles. The molecule has 0 bridgehead atoms. The summed E-state index contributed by atoms with van der Waals surface area (Å²) < 4.78 is 0. The summed E-state index contributed by atoms with van der Waals surface area (Å²) in [7, 11) is 1.94. The maximum atomic E-state index is 12.3. The number of urea groups is 1. The van der Waals surface area contributed by atoms with E-state index in [2.05, 4.69) is 10.6 Å². The van der Waals surface area contributed by atoms with Gasteiger partial charge in [0.05, 0.1) is 7.05 Å². The van der Waals surface area contributed by atoms with Gasteiger partial charge in [-0.1, -0.05) is 43.0 Å². The summed E-state index contributed by atoms with van der Waals surface area (Å²) in [5.74, 6) is -0.255. The zero-order chi connectivity index (χ0) is 17.5. The predicted molar refractivity (Wildman–Crippen MR) is 95.1 cm³/mol. The van der Waals surface area contributed by atoms with Crippen molar-refractivity contribution < 1.29 is 14.5 Å². The summed E-state index contributed by atoms with van der Waals surface area (Å²) in [6.45, 7) is 2.52. The van der Waals surface area contributed by atoms with E-state index in [4.69, 9.17) is 11.6 Å². The fourth-order valence-corrected chi connectivity index (χ4v) is 3.12. The fourth-order valence-electron chi connectivity index (χ4n) is 2.99. The molecule has 1 unspecified atom stereocenters. The molecule has 0 radical (unpaired) electrons. The van der Waals surface area contributed by atoms with Gasteiger partial charge in [-0.15, -0.1) is 0 Å². The number of hydrogen-bond donors (Lipinski definition) is 3. The highest BCUT2D eigenvalue weighted by Crippen LogP contribution is 2.17. The number of quaternary nitrogens is 1. The van der Waals surface area contributed by atoms with Gasteiger partial charge in [0.15, 0.2) is 6.04 Å². The standard InChI is InChI=1S/C18H26ClN3O2/c1-13(22(2)12-14-8-10-15(19)11-9-14)17(23)21-18(24)20-16-6-4-3-5-7-16/h8-11,13,16H,3-7,12H2,1-2H3,(H2,20,21,23,24)/p+1/t13-/m1/s1. The number of nitrogens with one attached hydrogen (secondary N) is 3. The van der Waals surface area contributed by atoms with Crippen LogP contribution in [0.4, 0.5) is 4.79 Å². The van der Waals surface area contributed by atoms with E-state index in [1.807, 2.05) is 38.2 Å². The van der Waals surface area contributed by atoms with Crippen molar-refractivity contribution in [1.29, 1.82) is 0 Å². The van der Waals surface area contributed by atoms with Gasteiger partial charge in [0, 0.05) is 16.6 Å². The van der Waals surface area contributed by atoms with Gasteiger partial charge in [-0.2, -0.15) is 0 Å². The minimum absolute atomic E-state index is 0.195. The lowest BCUT2D eigenvalue weighted by Crippen LogP contribution is -3.12. The smallest absolute Gasteiger partial charge is 0.321 e. The lowest BCUT2D eigenvalue weighted by Gasteiger charge is -2.24. The second-order valence-electron chi connectivity index (χ2n) is 6.67. The van der Waals surface area contributed by atoms with E-state index in [1.54, 1.807) is 0 Å². The number of carbonyl (C=O) groups is 2. The Labute approximate surface area is 148 Å². The normalized spacial score (nSPS) is 17.8. The van der Waals surface area contributed by atoms with Gasteiger partial charge in [-0.05, 0) is 31.9 Å². The lowest BCUT2D eigenvalue weighted by molar-refractivity contribution is -0.908. The van der Waals surface area contributed by atoms with Crippen LogP contribution in [0, 0.1) is 0 Å². The highest BCUT2D eigenvalue weighted by Gasteiger charge is 2.25. The number of likely N-dealkylation sites (N-methyl/N-ethyl adjacent to an activating group) is 1. The molecule has 132 valence electrons. The molecule has 0 aromatic heterocycles. The van der Waals surface area contributed by atoms with Crippen LogP contribution in [0.15, 0.2) is 24.3 Å². The maximum Gasteiger partial charge on any atom is 0.321 e. The molecule has 1 saturated carbocycles. The SMILES string of the molecule is C[C@H](C(=O)NC(=O)NC1CCCCC1)[NH+](C)Cc1ccc(Cl)cc1.